The fraction of sp³-hybridized carbons (Fsp3) is 0.750. The van der Waals surface area contributed by atoms with Crippen molar-refractivity contribution in [2.75, 3.05) is 6.61 Å². The molecule has 0 aliphatic carbocycles. The van der Waals surface area contributed by atoms with E-state index >= 15 is 0 Å². The second kappa shape index (κ2) is 5.83. The molecule has 0 N–H and O–H groups in total. The normalized spacial score (nSPS) is 13.1. The van der Waals surface area contributed by atoms with E-state index in [0.717, 1.165) is 19.4 Å². The molecule has 0 aromatic heterocycles. The largest absolute Gasteiger partial charge is 0.374 e. The summed E-state index contributed by atoms with van der Waals surface area (Å²) in [6.07, 6.45) is 4.40. The van der Waals surface area contributed by atoms with Crippen molar-refractivity contribution in [3.8, 4) is 0 Å². The summed E-state index contributed by atoms with van der Waals surface area (Å²) in [7, 11) is 0. The first kappa shape index (κ1) is 8.70. The minimum Gasteiger partial charge on any atom is -0.374 e. The molecule has 0 saturated heterocycles. The van der Waals surface area contributed by atoms with Crippen LogP contribution in [-0.4, -0.2) is 12.7 Å². The Balaban J connectivity index is 3.29. The number of ether oxygens (including phenoxy) is 1. The van der Waals surface area contributed by atoms with Crippen LogP contribution in [0.15, 0.2) is 12.7 Å². The number of rotatable bonds is 5. The molecular weight excluding hydrogens is 112 g/mol. The van der Waals surface area contributed by atoms with E-state index in [4.69, 9.17) is 4.74 Å². The maximum atomic E-state index is 5.31. The van der Waals surface area contributed by atoms with Crippen LogP contribution in [0.3, 0.4) is 0 Å². The van der Waals surface area contributed by atoms with Crippen molar-refractivity contribution in [1.82, 2.24) is 0 Å². The molecule has 1 atom stereocenters. The van der Waals surface area contributed by atoms with Crippen LogP contribution < -0.4 is 0 Å². The molecule has 0 amide bonds. The highest BCUT2D eigenvalue weighted by Gasteiger charge is 1.98. The second-order valence-electron chi connectivity index (χ2n) is 2.02. The number of hydrogen-bond acceptors (Lipinski definition) is 1. The van der Waals surface area contributed by atoms with Crippen molar-refractivity contribution < 1.29 is 4.74 Å². The van der Waals surface area contributed by atoms with E-state index in [0.29, 0.717) is 0 Å². The average molecular weight is 128 g/mol. The minimum atomic E-state index is 0.278. The first-order chi connectivity index (χ1) is 4.35. The highest BCUT2D eigenvalue weighted by atomic mass is 16.5. The quantitative estimate of drug-likeness (QED) is 0.516. The molecule has 0 bridgehead atoms. The Morgan fingerprint density at radius 3 is 2.56 bits per heavy atom. The molecule has 0 aromatic rings. The highest BCUT2D eigenvalue weighted by Crippen LogP contribution is 2.01. The second-order valence-corrected chi connectivity index (χ2v) is 2.02. The molecule has 9 heavy (non-hydrogen) atoms. The van der Waals surface area contributed by atoms with E-state index in [-0.39, 0.29) is 6.10 Å². The van der Waals surface area contributed by atoms with Gasteiger partial charge in [0.05, 0.1) is 6.10 Å². The van der Waals surface area contributed by atoms with Gasteiger partial charge in [-0.15, -0.1) is 6.58 Å². The lowest BCUT2D eigenvalue weighted by Crippen LogP contribution is -2.07. The Bertz CT molecular complexity index is 63.0. The Kier molecular flexibility index (Phi) is 5.64. The molecule has 0 heterocycles. The van der Waals surface area contributed by atoms with E-state index in [1.54, 1.807) is 0 Å². The number of hydrogen-bond donors (Lipinski definition) is 0. The Labute approximate surface area is 57.7 Å². The maximum Gasteiger partial charge on any atom is 0.0752 e. The van der Waals surface area contributed by atoms with E-state index in [2.05, 4.69) is 13.5 Å². The molecule has 54 valence electrons. The zero-order valence-electron chi connectivity index (χ0n) is 6.39. The lowest BCUT2D eigenvalue weighted by Gasteiger charge is -2.09. The van der Waals surface area contributed by atoms with Gasteiger partial charge in [0.25, 0.3) is 0 Å². The molecule has 0 aromatic carbocycles. The zero-order valence-corrected chi connectivity index (χ0v) is 6.39. The summed E-state index contributed by atoms with van der Waals surface area (Å²) in [5.74, 6) is 0. The molecule has 0 spiro atoms. The lowest BCUT2D eigenvalue weighted by molar-refractivity contribution is 0.0900. The van der Waals surface area contributed by atoms with Gasteiger partial charge in [0.2, 0.25) is 0 Å². The summed E-state index contributed by atoms with van der Waals surface area (Å²) in [6, 6.07) is 0. The van der Waals surface area contributed by atoms with Gasteiger partial charge in [-0.25, -0.2) is 0 Å². The SMILES string of the molecule is C=CC(CCC)OCC. The summed E-state index contributed by atoms with van der Waals surface area (Å²) in [6.45, 7) is 8.62. The first-order valence-electron chi connectivity index (χ1n) is 3.59. The third-order valence-electron chi connectivity index (χ3n) is 1.22. The molecule has 0 aliphatic heterocycles. The third-order valence-corrected chi connectivity index (χ3v) is 1.22. The molecule has 0 saturated carbocycles. The molecule has 1 unspecified atom stereocenters. The smallest absolute Gasteiger partial charge is 0.0752 e. The van der Waals surface area contributed by atoms with Crippen LogP contribution in [-0.2, 0) is 4.74 Å². The van der Waals surface area contributed by atoms with Crippen LogP contribution in [0.25, 0.3) is 0 Å². The topological polar surface area (TPSA) is 9.23 Å². The van der Waals surface area contributed by atoms with Gasteiger partial charge in [-0.3, -0.25) is 0 Å². The summed E-state index contributed by atoms with van der Waals surface area (Å²) in [5, 5.41) is 0. The maximum absolute atomic E-state index is 5.31. The molecular formula is C8H16O. The Hall–Kier alpha value is -0.300. The average Bonchev–Trinajstić information content (AvgIpc) is 1.88. The van der Waals surface area contributed by atoms with Crippen molar-refractivity contribution in [2.45, 2.75) is 32.8 Å². The van der Waals surface area contributed by atoms with Crippen LogP contribution in [0, 0.1) is 0 Å². The van der Waals surface area contributed by atoms with Crippen LogP contribution in [0.2, 0.25) is 0 Å². The summed E-state index contributed by atoms with van der Waals surface area (Å²) in [5.41, 5.74) is 0. The van der Waals surface area contributed by atoms with Crippen molar-refractivity contribution >= 4 is 0 Å². The van der Waals surface area contributed by atoms with E-state index in [1.807, 2.05) is 13.0 Å². The van der Waals surface area contributed by atoms with Gasteiger partial charge < -0.3 is 4.74 Å². The van der Waals surface area contributed by atoms with Gasteiger partial charge in [0.1, 0.15) is 0 Å². The minimum absolute atomic E-state index is 0.278. The van der Waals surface area contributed by atoms with Gasteiger partial charge >= 0.3 is 0 Å². The summed E-state index contributed by atoms with van der Waals surface area (Å²) >= 11 is 0. The third kappa shape index (κ3) is 4.22. The van der Waals surface area contributed by atoms with Gasteiger partial charge in [-0.1, -0.05) is 19.4 Å². The molecule has 0 fully saturated rings. The zero-order chi connectivity index (χ0) is 7.11. The van der Waals surface area contributed by atoms with Crippen molar-refractivity contribution in [1.29, 1.82) is 0 Å². The van der Waals surface area contributed by atoms with Crippen molar-refractivity contribution in [3.63, 3.8) is 0 Å². The van der Waals surface area contributed by atoms with Gasteiger partial charge in [0, 0.05) is 6.61 Å². The van der Waals surface area contributed by atoms with Crippen molar-refractivity contribution in [2.24, 2.45) is 0 Å². The molecule has 0 rings (SSSR count). The van der Waals surface area contributed by atoms with Crippen LogP contribution in [0.4, 0.5) is 0 Å². The van der Waals surface area contributed by atoms with Crippen LogP contribution in [0.1, 0.15) is 26.7 Å². The van der Waals surface area contributed by atoms with Crippen LogP contribution >= 0.6 is 0 Å². The molecule has 0 aliphatic rings. The Morgan fingerprint density at radius 2 is 2.22 bits per heavy atom. The van der Waals surface area contributed by atoms with Gasteiger partial charge in [-0.2, -0.15) is 0 Å². The highest BCUT2D eigenvalue weighted by molar-refractivity contribution is 4.78. The fourth-order valence-corrected chi connectivity index (χ4v) is 0.768. The predicted octanol–water partition coefficient (Wildman–Crippen LogP) is 2.38. The van der Waals surface area contributed by atoms with Crippen molar-refractivity contribution in [3.05, 3.63) is 12.7 Å². The molecule has 1 heteroatoms. The summed E-state index contributed by atoms with van der Waals surface area (Å²) < 4.78 is 5.31. The predicted molar refractivity (Wildman–Crippen MR) is 40.5 cm³/mol. The lowest BCUT2D eigenvalue weighted by atomic mass is 10.2. The van der Waals surface area contributed by atoms with Gasteiger partial charge in [-0.05, 0) is 13.3 Å². The molecule has 0 radical (unpaired) electrons. The van der Waals surface area contributed by atoms with Gasteiger partial charge in [0.15, 0.2) is 0 Å². The van der Waals surface area contributed by atoms with E-state index in [1.165, 1.54) is 0 Å². The Morgan fingerprint density at radius 1 is 1.56 bits per heavy atom. The monoisotopic (exact) mass is 128 g/mol. The molecule has 1 nitrogen and oxygen atoms in total. The van der Waals surface area contributed by atoms with Crippen LogP contribution in [0.5, 0.6) is 0 Å². The van der Waals surface area contributed by atoms with E-state index in [9.17, 15) is 0 Å². The van der Waals surface area contributed by atoms with E-state index < -0.39 is 0 Å². The summed E-state index contributed by atoms with van der Waals surface area (Å²) in [4.78, 5) is 0. The first-order valence-corrected chi connectivity index (χ1v) is 3.59. The fourth-order valence-electron chi connectivity index (χ4n) is 0.768. The standard InChI is InChI=1S/C8H16O/c1-4-7-8(5-2)9-6-3/h5,8H,2,4,6-7H2,1,3H3.